The van der Waals surface area contributed by atoms with Crippen LogP contribution in [0.3, 0.4) is 0 Å². The third-order valence-electron chi connectivity index (χ3n) is 5.20. The predicted molar refractivity (Wildman–Crippen MR) is 101 cm³/mol. The first kappa shape index (κ1) is 21.5. The number of Topliss-reactive ketones (excluding diaryl/α,β-unsaturated/α-hetero) is 1. The molecule has 1 N–H and O–H groups in total. The fourth-order valence-corrected chi connectivity index (χ4v) is 3.22. The molecule has 0 amide bonds. The van der Waals surface area contributed by atoms with E-state index in [0.717, 1.165) is 12.1 Å². The van der Waals surface area contributed by atoms with E-state index in [-0.39, 0.29) is 11.1 Å². The van der Waals surface area contributed by atoms with Crippen molar-refractivity contribution in [3.63, 3.8) is 0 Å². The van der Waals surface area contributed by atoms with Gasteiger partial charge in [-0.3, -0.25) is 4.79 Å². The van der Waals surface area contributed by atoms with Crippen molar-refractivity contribution < 1.29 is 27.5 Å². The SMILES string of the molecule is [C-]#[N+]c1ccc(CC(=O)[C@@](C)(O)C(C)n2cnc3c(F)cccc32)cc1C(F)(F)F. The highest BCUT2D eigenvalue weighted by Gasteiger charge is 2.39. The van der Waals surface area contributed by atoms with E-state index in [1.807, 2.05) is 0 Å². The van der Waals surface area contributed by atoms with Gasteiger partial charge in [-0.15, -0.1) is 0 Å². The quantitative estimate of drug-likeness (QED) is 0.474. The van der Waals surface area contributed by atoms with Crippen LogP contribution in [0.15, 0.2) is 42.7 Å². The summed E-state index contributed by atoms with van der Waals surface area (Å²) in [5, 5.41) is 10.9. The van der Waals surface area contributed by atoms with Crippen molar-refractivity contribution in [1.82, 2.24) is 9.55 Å². The maximum atomic E-state index is 13.9. The summed E-state index contributed by atoms with van der Waals surface area (Å²) in [7, 11) is 0. The fourth-order valence-electron chi connectivity index (χ4n) is 3.22. The Hall–Kier alpha value is -3.25. The number of aromatic nitrogens is 2. The summed E-state index contributed by atoms with van der Waals surface area (Å²) in [6.07, 6.45) is -3.92. The Balaban J connectivity index is 1.90. The number of fused-ring (bicyclic) bond motifs is 1. The Bertz CT molecular complexity index is 1160. The number of nitrogens with zero attached hydrogens (tertiary/aromatic N) is 3. The molecule has 0 saturated carbocycles. The monoisotopic (exact) mass is 419 g/mol. The van der Waals surface area contributed by atoms with E-state index < -0.39 is 47.1 Å². The van der Waals surface area contributed by atoms with Crippen LogP contribution in [-0.2, 0) is 17.4 Å². The second kappa shape index (κ2) is 7.54. The van der Waals surface area contributed by atoms with E-state index >= 15 is 0 Å². The average molecular weight is 419 g/mol. The Kier molecular flexibility index (Phi) is 5.39. The van der Waals surface area contributed by atoms with Crippen LogP contribution in [0, 0.1) is 12.4 Å². The van der Waals surface area contributed by atoms with Gasteiger partial charge in [-0.2, -0.15) is 13.2 Å². The zero-order valence-corrected chi connectivity index (χ0v) is 16.0. The van der Waals surface area contributed by atoms with Crippen LogP contribution in [0.5, 0.6) is 0 Å². The number of hydrogen-bond acceptors (Lipinski definition) is 3. The molecular formula is C21H17F4N3O2. The molecule has 5 nitrogen and oxygen atoms in total. The number of para-hydroxylation sites is 1. The second-order valence-electron chi connectivity index (χ2n) is 7.14. The average Bonchev–Trinajstić information content (AvgIpc) is 3.12. The summed E-state index contributed by atoms with van der Waals surface area (Å²) in [6.45, 7) is 9.66. The van der Waals surface area contributed by atoms with Gasteiger partial charge >= 0.3 is 6.18 Å². The van der Waals surface area contributed by atoms with Crippen LogP contribution in [0.4, 0.5) is 23.2 Å². The van der Waals surface area contributed by atoms with Crippen LogP contribution >= 0.6 is 0 Å². The Labute approximate surface area is 169 Å². The molecule has 1 heterocycles. The highest BCUT2D eigenvalue weighted by Crippen LogP contribution is 2.37. The largest absolute Gasteiger partial charge is 0.407 e. The third kappa shape index (κ3) is 3.78. The lowest BCUT2D eigenvalue weighted by molar-refractivity contribution is -0.139. The van der Waals surface area contributed by atoms with Gasteiger partial charge in [-0.05, 0) is 31.5 Å². The lowest BCUT2D eigenvalue weighted by atomic mass is 9.88. The minimum atomic E-state index is -4.74. The van der Waals surface area contributed by atoms with Crippen molar-refractivity contribution in [3.8, 4) is 0 Å². The molecular weight excluding hydrogens is 402 g/mol. The van der Waals surface area contributed by atoms with Gasteiger partial charge in [0.25, 0.3) is 0 Å². The number of halogens is 4. The zero-order valence-electron chi connectivity index (χ0n) is 16.0. The van der Waals surface area contributed by atoms with Gasteiger partial charge in [0.1, 0.15) is 11.1 Å². The van der Waals surface area contributed by atoms with E-state index in [9.17, 15) is 27.5 Å². The standard InChI is InChI=1S/C21H17F4N3O2/c1-12(28-11-27-19-15(22)5-4-6-17(19)28)20(2,30)18(29)10-13-7-8-16(26-3)14(9-13)21(23,24)25/h4-9,11-12,30H,10H2,1-2H3/t12?,20-/m0/s1. The van der Waals surface area contributed by atoms with Crippen molar-refractivity contribution in [2.75, 3.05) is 0 Å². The number of alkyl halides is 3. The molecule has 1 unspecified atom stereocenters. The Morgan fingerprint density at radius 2 is 2.00 bits per heavy atom. The number of aliphatic hydroxyl groups is 1. The maximum absolute atomic E-state index is 13.9. The highest BCUT2D eigenvalue weighted by molar-refractivity contribution is 5.89. The number of rotatable bonds is 5. The molecule has 3 aromatic rings. The van der Waals surface area contributed by atoms with Crippen LogP contribution in [0.1, 0.15) is 31.0 Å². The molecule has 2 aromatic carbocycles. The number of carbonyl (C=O) groups excluding carboxylic acids is 1. The minimum Gasteiger partial charge on any atom is -0.380 e. The second-order valence-corrected chi connectivity index (χ2v) is 7.14. The van der Waals surface area contributed by atoms with E-state index in [1.165, 1.54) is 42.9 Å². The molecule has 1 aromatic heterocycles. The number of ketones is 1. The first-order valence-electron chi connectivity index (χ1n) is 8.91. The van der Waals surface area contributed by atoms with E-state index in [4.69, 9.17) is 6.57 Å². The Morgan fingerprint density at radius 1 is 1.30 bits per heavy atom. The van der Waals surface area contributed by atoms with Gasteiger partial charge < -0.3 is 9.67 Å². The van der Waals surface area contributed by atoms with Gasteiger partial charge in [-0.25, -0.2) is 14.2 Å². The molecule has 0 bridgehead atoms. The maximum Gasteiger partial charge on any atom is 0.407 e. The summed E-state index contributed by atoms with van der Waals surface area (Å²) in [5.41, 5.74) is -3.20. The number of carbonyl (C=O) groups is 1. The van der Waals surface area contributed by atoms with Gasteiger partial charge in [0, 0.05) is 6.42 Å². The summed E-state index contributed by atoms with van der Waals surface area (Å²) >= 11 is 0. The first-order valence-corrected chi connectivity index (χ1v) is 8.91. The zero-order chi connectivity index (χ0) is 22.3. The van der Waals surface area contributed by atoms with Crippen molar-refractivity contribution in [3.05, 3.63) is 71.1 Å². The van der Waals surface area contributed by atoms with E-state index in [1.54, 1.807) is 6.07 Å². The molecule has 0 saturated heterocycles. The van der Waals surface area contributed by atoms with E-state index in [0.29, 0.717) is 5.52 Å². The normalized spacial score (nSPS) is 14.9. The van der Waals surface area contributed by atoms with Crippen LogP contribution < -0.4 is 0 Å². The highest BCUT2D eigenvalue weighted by atomic mass is 19.4. The summed E-state index contributed by atoms with van der Waals surface area (Å²) in [4.78, 5) is 19.6. The molecule has 0 aliphatic heterocycles. The van der Waals surface area contributed by atoms with Crippen molar-refractivity contribution in [2.24, 2.45) is 0 Å². The number of hydrogen-bond donors (Lipinski definition) is 1. The number of benzene rings is 2. The molecule has 3 rings (SSSR count). The predicted octanol–water partition coefficient (Wildman–Crippen LogP) is 4.87. The molecule has 2 atom stereocenters. The van der Waals surface area contributed by atoms with Crippen LogP contribution in [0.2, 0.25) is 0 Å². The van der Waals surface area contributed by atoms with Crippen molar-refractivity contribution >= 4 is 22.5 Å². The summed E-state index contributed by atoms with van der Waals surface area (Å²) in [5.74, 6) is -1.28. The Morgan fingerprint density at radius 3 is 2.63 bits per heavy atom. The lowest BCUT2D eigenvalue weighted by Gasteiger charge is -2.30. The molecule has 30 heavy (non-hydrogen) atoms. The van der Waals surface area contributed by atoms with Gasteiger partial charge in [0.15, 0.2) is 17.3 Å². The molecule has 0 fully saturated rings. The summed E-state index contributed by atoms with van der Waals surface area (Å²) < 4.78 is 54.8. The fraction of sp³-hybridized carbons (Fsp3) is 0.286. The smallest absolute Gasteiger partial charge is 0.380 e. The molecule has 0 radical (unpaired) electrons. The molecule has 156 valence electrons. The van der Waals surface area contributed by atoms with E-state index in [2.05, 4.69) is 9.83 Å². The topological polar surface area (TPSA) is 59.5 Å². The molecule has 0 aliphatic rings. The lowest BCUT2D eigenvalue weighted by Crippen LogP contribution is -2.43. The minimum absolute atomic E-state index is 0.0220. The van der Waals surface area contributed by atoms with Crippen molar-refractivity contribution in [2.45, 2.75) is 38.1 Å². The molecule has 0 spiro atoms. The van der Waals surface area contributed by atoms with Gasteiger partial charge in [0.2, 0.25) is 0 Å². The molecule has 0 aliphatic carbocycles. The molecule has 9 heteroatoms. The van der Waals surface area contributed by atoms with Gasteiger partial charge in [-0.1, -0.05) is 24.3 Å². The van der Waals surface area contributed by atoms with Crippen LogP contribution in [-0.4, -0.2) is 26.0 Å². The van der Waals surface area contributed by atoms with Crippen molar-refractivity contribution in [1.29, 1.82) is 0 Å². The van der Waals surface area contributed by atoms with Crippen LogP contribution in [0.25, 0.3) is 15.9 Å². The number of imidazole rings is 1. The summed E-state index contributed by atoms with van der Waals surface area (Å²) in [6, 6.07) is 6.41. The third-order valence-corrected chi connectivity index (χ3v) is 5.20. The first-order chi connectivity index (χ1) is 14.0. The van der Waals surface area contributed by atoms with Gasteiger partial charge in [0.05, 0.1) is 30.0 Å².